The molecule has 0 amide bonds. The molecule has 3 rings (SSSR count). The number of fused-ring (bicyclic) bond motifs is 1. The third kappa shape index (κ3) is 2.81. The number of nitrogens with zero attached hydrogens (tertiary/aromatic N) is 2. The average Bonchev–Trinajstić information content (AvgIpc) is 2.78. The Morgan fingerprint density at radius 2 is 1.86 bits per heavy atom. The summed E-state index contributed by atoms with van der Waals surface area (Å²) in [6.07, 6.45) is 0.755. The first-order chi connectivity index (χ1) is 10.0. The molecule has 1 aromatic heterocycles. The van der Waals surface area contributed by atoms with E-state index in [-0.39, 0.29) is 0 Å². The third-order valence-electron chi connectivity index (χ3n) is 3.54. The van der Waals surface area contributed by atoms with E-state index in [0.717, 1.165) is 33.3 Å². The second-order valence-corrected chi connectivity index (χ2v) is 6.38. The molecule has 3 nitrogen and oxygen atoms in total. The van der Waals surface area contributed by atoms with Crippen molar-refractivity contribution in [2.75, 3.05) is 0 Å². The Morgan fingerprint density at radius 3 is 2.52 bits per heavy atom. The molecule has 4 heteroatoms. The molecule has 0 fully saturated rings. The number of hydrogen-bond acceptors (Lipinski definition) is 2. The van der Waals surface area contributed by atoms with E-state index in [9.17, 15) is 5.11 Å². The maximum absolute atomic E-state index is 9.38. The fourth-order valence-corrected chi connectivity index (χ4v) is 2.97. The summed E-state index contributed by atoms with van der Waals surface area (Å²) in [5.41, 5.74) is 3.30. The number of rotatable bonds is 3. The van der Waals surface area contributed by atoms with E-state index in [0.29, 0.717) is 11.8 Å². The van der Waals surface area contributed by atoms with Gasteiger partial charge in [-0.1, -0.05) is 28.1 Å². The summed E-state index contributed by atoms with van der Waals surface area (Å²) >= 11 is 3.50. The van der Waals surface area contributed by atoms with Gasteiger partial charge >= 0.3 is 0 Å². The van der Waals surface area contributed by atoms with Gasteiger partial charge in [0.2, 0.25) is 0 Å². The number of aromatic hydroxyl groups is 1. The molecular formula is C17H17BrN2O. The molecule has 0 unspecified atom stereocenters. The molecule has 0 atom stereocenters. The van der Waals surface area contributed by atoms with Crippen LogP contribution in [0.3, 0.4) is 0 Å². The number of benzene rings is 2. The van der Waals surface area contributed by atoms with Crippen molar-refractivity contribution in [3.63, 3.8) is 0 Å². The zero-order valence-electron chi connectivity index (χ0n) is 12.0. The van der Waals surface area contributed by atoms with E-state index in [2.05, 4.69) is 46.5 Å². The van der Waals surface area contributed by atoms with Crippen molar-refractivity contribution in [1.82, 2.24) is 9.55 Å². The highest BCUT2D eigenvalue weighted by molar-refractivity contribution is 9.10. The second-order valence-electron chi connectivity index (χ2n) is 5.47. The van der Waals surface area contributed by atoms with Crippen molar-refractivity contribution in [3.8, 4) is 5.75 Å². The molecule has 0 aliphatic rings. The zero-order chi connectivity index (χ0) is 15.0. The number of hydrogen-bond donors (Lipinski definition) is 1. The predicted octanol–water partition coefficient (Wildman–Crippen LogP) is 4.68. The lowest BCUT2D eigenvalue weighted by Gasteiger charge is -2.13. The van der Waals surface area contributed by atoms with E-state index < -0.39 is 0 Å². The van der Waals surface area contributed by atoms with Crippen LogP contribution in [0, 0.1) is 0 Å². The van der Waals surface area contributed by atoms with Crippen molar-refractivity contribution in [2.24, 2.45) is 0 Å². The van der Waals surface area contributed by atoms with Gasteiger partial charge in [0.05, 0.1) is 11.0 Å². The van der Waals surface area contributed by atoms with Crippen LogP contribution in [0.2, 0.25) is 0 Å². The van der Waals surface area contributed by atoms with Crippen LogP contribution >= 0.6 is 15.9 Å². The topological polar surface area (TPSA) is 38.0 Å². The van der Waals surface area contributed by atoms with E-state index >= 15 is 0 Å². The Kier molecular flexibility index (Phi) is 3.72. The maximum Gasteiger partial charge on any atom is 0.115 e. The normalized spacial score (nSPS) is 11.4. The summed E-state index contributed by atoms with van der Waals surface area (Å²) in [6, 6.07) is 13.9. The van der Waals surface area contributed by atoms with Gasteiger partial charge in [0.1, 0.15) is 11.6 Å². The first-order valence-corrected chi connectivity index (χ1v) is 7.78. The molecule has 0 spiro atoms. The van der Waals surface area contributed by atoms with Crippen LogP contribution in [-0.2, 0) is 6.42 Å². The van der Waals surface area contributed by atoms with Crippen LogP contribution in [0.5, 0.6) is 5.75 Å². The lowest BCUT2D eigenvalue weighted by Crippen LogP contribution is -2.06. The van der Waals surface area contributed by atoms with Crippen LogP contribution in [0.1, 0.15) is 31.3 Å². The second kappa shape index (κ2) is 5.53. The van der Waals surface area contributed by atoms with Gasteiger partial charge < -0.3 is 9.67 Å². The Morgan fingerprint density at radius 1 is 1.14 bits per heavy atom. The fraction of sp³-hybridized carbons (Fsp3) is 0.235. The summed E-state index contributed by atoms with van der Waals surface area (Å²) in [5.74, 6) is 1.34. The van der Waals surface area contributed by atoms with Crippen molar-refractivity contribution in [3.05, 3.63) is 58.3 Å². The number of aromatic nitrogens is 2. The molecule has 2 aromatic carbocycles. The van der Waals surface area contributed by atoms with Gasteiger partial charge in [-0.05, 0) is 49.7 Å². The first-order valence-electron chi connectivity index (χ1n) is 6.99. The van der Waals surface area contributed by atoms with Gasteiger partial charge in [0.25, 0.3) is 0 Å². The number of phenols is 1. The van der Waals surface area contributed by atoms with Crippen LogP contribution in [0.4, 0.5) is 0 Å². The standard InChI is InChI=1S/C17H17BrN2O/c1-11(2)20-16-8-5-13(18)10-15(16)19-17(20)9-12-3-6-14(21)7-4-12/h3-8,10-11,21H,9H2,1-2H3. The fourth-order valence-electron chi connectivity index (χ4n) is 2.62. The largest absolute Gasteiger partial charge is 0.508 e. The predicted molar refractivity (Wildman–Crippen MR) is 88.7 cm³/mol. The van der Waals surface area contributed by atoms with E-state index in [1.807, 2.05) is 18.2 Å². The molecule has 21 heavy (non-hydrogen) atoms. The van der Waals surface area contributed by atoms with Crippen molar-refractivity contribution in [1.29, 1.82) is 0 Å². The molecule has 1 N–H and O–H groups in total. The van der Waals surface area contributed by atoms with Crippen LogP contribution in [0.25, 0.3) is 11.0 Å². The monoisotopic (exact) mass is 344 g/mol. The van der Waals surface area contributed by atoms with Crippen LogP contribution < -0.4 is 0 Å². The molecule has 0 radical (unpaired) electrons. The van der Waals surface area contributed by atoms with Crippen molar-refractivity contribution in [2.45, 2.75) is 26.3 Å². The Labute approximate surface area is 132 Å². The van der Waals surface area contributed by atoms with Crippen molar-refractivity contribution >= 4 is 27.0 Å². The Bertz CT molecular complexity index is 775. The highest BCUT2D eigenvalue weighted by Gasteiger charge is 2.13. The third-order valence-corrected chi connectivity index (χ3v) is 4.03. The van der Waals surface area contributed by atoms with Gasteiger partial charge in [-0.2, -0.15) is 0 Å². The van der Waals surface area contributed by atoms with Gasteiger partial charge in [-0.3, -0.25) is 0 Å². The average molecular weight is 345 g/mol. The van der Waals surface area contributed by atoms with E-state index in [1.54, 1.807) is 12.1 Å². The molecule has 1 heterocycles. The molecule has 0 saturated carbocycles. The number of halogens is 1. The maximum atomic E-state index is 9.38. The summed E-state index contributed by atoms with van der Waals surface area (Å²) in [4.78, 5) is 4.78. The van der Waals surface area contributed by atoms with Crippen molar-refractivity contribution < 1.29 is 5.11 Å². The first kappa shape index (κ1) is 14.1. The molecule has 0 aliphatic carbocycles. The van der Waals surface area contributed by atoms with Crippen LogP contribution in [0.15, 0.2) is 46.9 Å². The minimum absolute atomic E-state index is 0.292. The van der Waals surface area contributed by atoms with Gasteiger partial charge in [0.15, 0.2) is 0 Å². The summed E-state index contributed by atoms with van der Waals surface area (Å²) < 4.78 is 3.31. The molecular weight excluding hydrogens is 328 g/mol. The minimum Gasteiger partial charge on any atom is -0.508 e. The van der Waals surface area contributed by atoms with Gasteiger partial charge in [-0.15, -0.1) is 0 Å². The highest BCUT2D eigenvalue weighted by Crippen LogP contribution is 2.25. The molecule has 108 valence electrons. The number of phenolic OH excluding ortho intramolecular Hbond substituents is 1. The summed E-state index contributed by atoms with van der Waals surface area (Å²) in [6.45, 7) is 4.34. The van der Waals surface area contributed by atoms with Gasteiger partial charge in [0, 0.05) is 16.9 Å². The molecule has 0 bridgehead atoms. The zero-order valence-corrected chi connectivity index (χ0v) is 13.6. The lowest BCUT2D eigenvalue weighted by atomic mass is 10.1. The minimum atomic E-state index is 0.292. The van der Waals surface area contributed by atoms with Crippen LogP contribution in [-0.4, -0.2) is 14.7 Å². The quantitative estimate of drug-likeness (QED) is 0.749. The molecule has 0 saturated heterocycles. The Hall–Kier alpha value is -1.81. The lowest BCUT2D eigenvalue weighted by molar-refractivity contribution is 0.475. The number of imidazole rings is 1. The molecule has 0 aliphatic heterocycles. The SMILES string of the molecule is CC(C)n1c(Cc2ccc(O)cc2)nc2cc(Br)ccc21. The smallest absolute Gasteiger partial charge is 0.115 e. The highest BCUT2D eigenvalue weighted by atomic mass is 79.9. The van der Waals surface area contributed by atoms with E-state index in [1.165, 1.54) is 0 Å². The molecule has 3 aromatic rings. The van der Waals surface area contributed by atoms with Gasteiger partial charge in [-0.25, -0.2) is 4.98 Å². The summed E-state index contributed by atoms with van der Waals surface area (Å²) in [5, 5.41) is 9.38. The summed E-state index contributed by atoms with van der Waals surface area (Å²) in [7, 11) is 0. The Balaban J connectivity index is 2.08. The van der Waals surface area contributed by atoms with E-state index in [4.69, 9.17) is 4.98 Å².